The first-order valence-electron chi connectivity index (χ1n) is 6.66. The smallest absolute Gasteiger partial charge is 0.253 e. The molecule has 0 spiro atoms. The lowest BCUT2D eigenvalue weighted by Crippen LogP contribution is -2.27. The fourth-order valence-electron chi connectivity index (χ4n) is 2.70. The maximum Gasteiger partial charge on any atom is 0.253 e. The molecule has 0 aliphatic heterocycles. The van der Waals surface area contributed by atoms with Crippen molar-refractivity contribution in [2.24, 2.45) is 0 Å². The van der Waals surface area contributed by atoms with Gasteiger partial charge in [-0.2, -0.15) is 0 Å². The zero-order valence-electron chi connectivity index (χ0n) is 11.2. The van der Waals surface area contributed by atoms with Gasteiger partial charge in [0.05, 0.1) is 11.6 Å². The van der Waals surface area contributed by atoms with E-state index in [0.717, 1.165) is 23.6 Å². The quantitative estimate of drug-likeness (QED) is 0.918. The summed E-state index contributed by atoms with van der Waals surface area (Å²) in [6.45, 7) is 1.84. The van der Waals surface area contributed by atoms with E-state index in [4.69, 9.17) is 11.6 Å². The molecule has 1 atom stereocenters. The molecule has 1 aromatic carbocycles. The van der Waals surface area contributed by atoms with Crippen molar-refractivity contribution in [2.75, 3.05) is 0 Å². The maximum absolute atomic E-state index is 12.3. The Kier molecular flexibility index (Phi) is 3.45. The minimum Gasteiger partial charge on any atom is -0.345 e. The Morgan fingerprint density at radius 2 is 2.25 bits per heavy atom. The molecular formula is C16H15ClN2O. The van der Waals surface area contributed by atoms with E-state index in [2.05, 4.69) is 10.3 Å². The van der Waals surface area contributed by atoms with Crippen molar-refractivity contribution in [1.29, 1.82) is 0 Å². The third-order valence-corrected chi connectivity index (χ3v) is 3.97. The normalized spacial score (nSPS) is 16.8. The second kappa shape index (κ2) is 5.25. The summed E-state index contributed by atoms with van der Waals surface area (Å²) >= 11 is 6.00. The number of nitrogens with one attached hydrogen (secondary N) is 1. The molecule has 1 aliphatic carbocycles. The zero-order valence-corrected chi connectivity index (χ0v) is 11.9. The van der Waals surface area contributed by atoms with Crippen LogP contribution in [0.3, 0.4) is 0 Å². The SMILES string of the molecule is Cc1ncccc1C(=O)N[C@@H]1CCc2cc(Cl)ccc21. The average molecular weight is 287 g/mol. The minimum atomic E-state index is -0.0663. The Morgan fingerprint density at radius 1 is 1.40 bits per heavy atom. The van der Waals surface area contributed by atoms with E-state index < -0.39 is 0 Å². The van der Waals surface area contributed by atoms with Crippen molar-refractivity contribution < 1.29 is 4.79 Å². The van der Waals surface area contributed by atoms with Gasteiger partial charge in [0.25, 0.3) is 5.91 Å². The molecule has 0 saturated carbocycles. The molecule has 1 amide bonds. The van der Waals surface area contributed by atoms with Gasteiger partial charge in [-0.05, 0) is 55.2 Å². The molecule has 1 heterocycles. The van der Waals surface area contributed by atoms with Gasteiger partial charge in [-0.25, -0.2) is 0 Å². The van der Waals surface area contributed by atoms with Crippen LogP contribution < -0.4 is 5.32 Å². The van der Waals surface area contributed by atoms with Gasteiger partial charge in [0.15, 0.2) is 0 Å². The summed E-state index contributed by atoms with van der Waals surface area (Å²) in [6, 6.07) is 9.51. The van der Waals surface area contributed by atoms with Crippen LogP contribution in [0.2, 0.25) is 5.02 Å². The number of benzene rings is 1. The van der Waals surface area contributed by atoms with Crippen molar-refractivity contribution in [2.45, 2.75) is 25.8 Å². The summed E-state index contributed by atoms with van der Waals surface area (Å²) in [4.78, 5) is 16.5. The number of halogens is 1. The van der Waals surface area contributed by atoms with E-state index in [0.29, 0.717) is 5.56 Å². The molecule has 3 rings (SSSR count). The number of nitrogens with zero attached hydrogens (tertiary/aromatic N) is 1. The van der Waals surface area contributed by atoms with E-state index in [1.807, 2.05) is 25.1 Å². The Balaban J connectivity index is 1.81. The monoisotopic (exact) mass is 286 g/mol. The third-order valence-electron chi connectivity index (χ3n) is 3.74. The van der Waals surface area contributed by atoms with Gasteiger partial charge in [0.1, 0.15) is 0 Å². The van der Waals surface area contributed by atoms with Gasteiger partial charge < -0.3 is 5.32 Å². The highest BCUT2D eigenvalue weighted by molar-refractivity contribution is 6.30. The highest BCUT2D eigenvalue weighted by atomic mass is 35.5. The number of pyridine rings is 1. The van der Waals surface area contributed by atoms with Crippen molar-refractivity contribution >= 4 is 17.5 Å². The number of carbonyl (C=O) groups excluding carboxylic acids is 1. The van der Waals surface area contributed by atoms with Crippen molar-refractivity contribution in [3.8, 4) is 0 Å². The van der Waals surface area contributed by atoms with Crippen LogP contribution in [0.25, 0.3) is 0 Å². The van der Waals surface area contributed by atoms with Crippen LogP contribution in [0, 0.1) is 6.92 Å². The summed E-state index contributed by atoms with van der Waals surface area (Å²) in [6.07, 6.45) is 3.56. The van der Waals surface area contributed by atoms with Gasteiger partial charge in [-0.3, -0.25) is 9.78 Å². The Morgan fingerprint density at radius 3 is 3.05 bits per heavy atom. The molecule has 0 fully saturated rings. The number of aromatic nitrogens is 1. The van der Waals surface area contributed by atoms with E-state index in [-0.39, 0.29) is 11.9 Å². The maximum atomic E-state index is 12.3. The molecule has 1 aromatic heterocycles. The first-order valence-corrected chi connectivity index (χ1v) is 7.04. The molecule has 3 nitrogen and oxygen atoms in total. The standard InChI is InChI=1S/C16H15ClN2O/c1-10-13(3-2-8-18-10)16(20)19-15-7-4-11-9-12(17)5-6-14(11)15/h2-3,5-6,8-9,15H,4,7H2,1H3,(H,19,20)/t15-/m1/s1. The second-order valence-corrected chi connectivity index (χ2v) is 5.48. The van der Waals surface area contributed by atoms with Crippen molar-refractivity contribution in [3.63, 3.8) is 0 Å². The van der Waals surface area contributed by atoms with E-state index >= 15 is 0 Å². The number of carbonyl (C=O) groups is 1. The van der Waals surface area contributed by atoms with Crippen molar-refractivity contribution in [3.05, 3.63) is 63.9 Å². The molecule has 102 valence electrons. The van der Waals surface area contributed by atoms with E-state index in [1.165, 1.54) is 11.1 Å². The lowest BCUT2D eigenvalue weighted by molar-refractivity contribution is 0.0935. The first-order chi connectivity index (χ1) is 9.65. The Hall–Kier alpha value is -1.87. The minimum absolute atomic E-state index is 0.0642. The number of aryl methyl sites for hydroxylation is 2. The zero-order chi connectivity index (χ0) is 14.1. The van der Waals surface area contributed by atoms with Gasteiger partial charge in [-0.15, -0.1) is 0 Å². The summed E-state index contributed by atoms with van der Waals surface area (Å²) in [5, 5.41) is 3.84. The molecule has 0 radical (unpaired) electrons. The molecule has 1 N–H and O–H groups in total. The van der Waals surface area contributed by atoms with Crippen LogP contribution >= 0.6 is 11.6 Å². The lowest BCUT2D eigenvalue weighted by Gasteiger charge is -2.15. The fourth-order valence-corrected chi connectivity index (χ4v) is 2.89. The number of hydrogen-bond donors (Lipinski definition) is 1. The van der Waals surface area contributed by atoms with Crippen LogP contribution in [-0.4, -0.2) is 10.9 Å². The number of amides is 1. The van der Waals surface area contributed by atoms with Gasteiger partial charge >= 0.3 is 0 Å². The van der Waals surface area contributed by atoms with E-state index in [9.17, 15) is 4.79 Å². The predicted molar refractivity (Wildman–Crippen MR) is 79.0 cm³/mol. The summed E-state index contributed by atoms with van der Waals surface area (Å²) in [5.41, 5.74) is 3.78. The van der Waals surface area contributed by atoms with Gasteiger partial charge in [-0.1, -0.05) is 17.7 Å². The fraction of sp³-hybridized carbons (Fsp3) is 0.250. The highest BCUT2D eigenvalue weighted by Crippen LogP contribution is 2.33. The highest BCUT2D eigenvalue weighted by Gasteiger charge is 2.24. The van der Waals surface area contributed by atoms with Crippen LogP contribution in [0.5, 0.6) is 0 Å². The molecule has 4 heteroatoms. The second-order valence-electron chi connectivity index (χ2n) is 5.04. The molecule has 20 heavy (non-hydrogen) atoms. The molecule has 0 saturated heterocycles. The largest absolute Gasteiger partial charge is 0.345 e. The lowest BCUT2D eigenvalue weighted by atomic mass is 10.1. The van der Waals surface area contributed by atoms with Gasteiger partial charge in [0, 0.05) is 16.9 Å². The van der Waals surface area contributed by atoms with Gasteiger partial charge in [0.2, 0.25) is 0 Å². The molecule has 0 bridgehead atoms. The number of hydrogen-bond acceptors (Lipinski definition) is 2. The van der Waals surface area contributed by atoms with E-state index in [1.54, 1.807) is 18.3 Å². The molecule has 1 aliphatic rings. The van der Waals surface area contributed by atoms with Crippen molar-refractivity contribution in [1.82, 2.24) is 10.3 Å². The van der Waals surface area contributed by atoms with Crippen LogP contribution in [0.15, 0.2) is 36.5 Å². The first kappa shape index (κ1) is 13.1. The van der Waals surface area contributed by atoms with Crippen LogP contribution in [0.4, 0.5) is 0 Å². The summed E-state index contributed by atoms with van der Waals surface area (Å²) in [7, 11) is 0. The molecule has 2 aromatic rings. The Labute approximate surface area is 123 Å². The predicted octanol–water partition coefficient (Wildman–Crippen LogP) is 3.46. The topological polar surface area (TPSA) is 42.0 Å². The molecule has 0 unspecified atom stereocenters. The summed E-state index contributed by atoms with van der Waals surface area (Å²) in [5.74, 6) is -0.0663. The third kappa shape index (κ3) is 2.41. The Bertz CT molecular complexity index is 669. The van der Waals surface area contributed by atoms with Crippen LogP contribution in [0.1, 0.15) is 39.6 Å². The number of rotatable bonds is 2. The molecular weight excluding hydrogens is 272 g/mol. The number of fused-ring (bicyclic) bond motifs is 1. The average Bonchev–Trinajstić information content (AvgIpc) is 2.81. The van der Waals surface area contributed by atoms with Crippen LogP contribution in [-0.2, 0) is 6.42 Å². The summed E-state index contributed by atoms with van der Waals surface area (Å²) < 4.78 is 0.